The van der Waals surface area contributed by atoms with Crippen molar-refractivity contribution in [2.24, 2.45) is 5.92 Å². The Morgan fingerprint density at radius 3 is 2.57 bits per heavy atom. The molecule has 0 spiro atoms. The van der Waals surface area contributed by atoms with Crippen LogP contribution >= 0.6 is 0 Å². The molecule has 1 amide bonds. The summed E-state index contributed by atoms with van der Waals surface area (Å²) >= 11 is 0. The summed E-state index contributed by atoms with van der Waals surface area (Å²) in [5.74, 6) is -0.309. The van der Waals surface area contributed by atoms with Gasteiger partial charge in [0.15, 0.2) is 11.5 Å². The third kappa shape index (κ3) is 3.16. The lowest BCUT2D eigenvalue weighted by Crippen LogP contribution is -2.58. The number of rotatable bonds is 4. The van der Waals surface area contributed by atoms with Crippen molar-refractivity contribution >= 4 is 23.3 Å². The molecule has 2 aromatic heterocycles. The van der Waals surface area contributed by atoms with Gasteiger partial charge < -0.3 is 14.9 Å². The highest BCUT2D eigenvalue weighted by Crippen LogP contribution is 2.35. The summed E-state index contributed by atoms with van der Waals surface area (Å²) in [4.78, 5) is 28.7. The summed E-state index contributed by atoms with van der Waals surface area (Å²) in [6.45, 7) is 1.37. The van der Waals surface area contributed by atoms with Crippen LogP contribution in [0.1, 0.15) is 44.9 Å². The van der Waals surface area contributed by atoms with Crippen molar-refractivity contribution in [3.8, 4) is 0 Å². The Hall–Kier alpha value is -2.78. The number of piperidine rings is 1. The zero-order chi connectivity index (χ0) is 19.7. The first-order valence-corrected chi connectivity index (χ1v) is 9.83. The van der Waals surface area contributed by atoms with E-state index in [2.05, 4.69) is 25.5 Å². The van der Waals surface area contributed by atoms with Gasteiger partial charge in [0.1, 0.15) is 5.54 Å². The molecule has 0 aromatic carbocycles. The zero-order valence-corrected chi connectivity index (χ0v) is 16.0. The topological polar surface area (TPSA) is 117 Å². The third-order valence-corrected chi connectivity index (χ3v) is 6.28. The van der Waals surface area contributed by atoms with E-state index in [1.165, 1.54) is 9.53 Å². The van der Waals surface area contributed by atoms with Gasteiger partial charge >= 0.3 is 5.97 Å². The van der Waals surface area contributed by atoms with E-state index in [-0.39, 0.29) is 11.8 Å². The highest BCUT2D eigenvalue weighted by molar-refractivity contribution is 5.88. The normalized spacial score (nSPS) is 20.2. The van der Waals surface area contributed by atoms with Crippen LogP contribution in [-0.4, -0.2) is 72.8 Å². The number of likely N-dealkylation sites (N-methyl/N-ethyl adjacent to an activating group) is 1. The summed E-state index contributed by atoms with van der Waals surface area (Å²) in [7, 11) is 1.67. The highest BCUT2D eigenvalue weighted by Gasteiger charge is 2.46. The number of amides is 1. The first-order valence-electron chi connectivity index (χ1n) is 9.83. The number of aliphatic carboxylic acids is 1. The third-order valence-electron chi connectivity index (χ3n) is 6.28. The molecule has 3 heterocycles. The number of aromatic nitrogens is 5. The van der Waals surface area contributed by atoms with Gasteiger partial charge in [-0.15, -0.1) is 14.8 Å². The molecular formula is C18H25N7O3. The van der Waals surface area contributed by atoms with Crippen LogP contribution in [0.15, 0.2) is 12.1 Å². The number of hydrogen-bond donors (Lipinski definition) is 1. The minimum Gasteiger partial charge on any atom is -0.479 e. The van der Waals surface area contributed by atoms with Gasteiger partial charge in [-0.05, 0) is 48.2 Å². The number of tetrazole rings is 1. The van der Waals surface area contributed by atoms with E-state index < -0.39 is 11.5 Å². The number of hydrogen-bond acceptors (Lipinski definition) is 7. The second kappa shape index (κ2) is 7.33. The lowest BCUT2D eigenvalue weighted by molar-refractivity contribution is -0.162. The van der Waals surface area contributed by atoms with Crippen LogP contribution in [0.2, 0.25) is 0 Å². The fourth-order valence-electron chi connectivity index (χ4n) is 4.48. The van der Waals surface area contributed by atoms with Crippen molar-refractivity contribution in [2.75, 3.05) is 25.0 Å². The minimum atomic E-state index is -1.04. The largest absolute Gasteiger partial charge is 0.479 e. The molecule has 2 aromatic rings. The number of carboxylic acid groups (broad SMARTS) is 1. The molecule has 1 saturated carbocycles. The molecule has 4 rings (SSSR count). The average Bonchev–Trinajstić information content (AvgIpc) is 3.21. The van der Waals surface area contributed by atoms with Gasteiger partial charge in [0, 0.05) is 26.1 Å². The van der Waals surface area contributed by atoms with Gasteiger partial charge in [-0.3, -0.25) is 4.79 Å². The Balaban J connectivity index is 1.42. The number of carbonyl (C=O) groups is 2. The van der Waals surface area contributed by atoms with E-state index in [1.807, 2.05) is 12.1 Å². The maximum Gasteiger partial charge on any atom is 0.329 e. The summed E-state index contributed by atoms with van der Waals surface area (Å²) in [5.41, 5.74) is -0.457. The van der Waals surface area contributed by atoms with E-state index in [0.717, 1.165) is 25.1 Å². The maximum atomic E-state index is 13.1. The summed E-state index contributed by atoms with van der Waals surface area (Å²) in [6, 6.07) is 3.69. The van der Waals surface area contributed by atoms with Gasteiger partial charge in [-0.2, -0.15) is 0 Å². The Kier molecular flexibility index (Phi) is 4.86. The molecule has 2 fully saturated rings. The molecule has 2 aliphatic rings. The van der Waals surface area contributed by atoms with Gasteiger partial charge in [-0.1, -0.05) is 19.3 Å². The number of carbonyl (C=O) groups excluding carboxylic acids is 1. The van der Waals surface area contributed by atoms with Crippen LogP contribution in [0, 0.1) is 5.92 Å². The highest BCUT2D eigenvalue weighted by atomic mass is 16.4. The first kappa shape index (κ1) is 18.6. The van der Waals surface area contributed by atoms with Gasteiger partial charge in [0.05, 0.1) is 0 Å². The number of fused-ring (bicyclic) bond motifs is 1. The standard InChI is InChI=1S/C18H25N7O3/c1-23(18(17(27)28)9-3-2-4-10-18)16(26)13-7-11-24(12-8-13)15-6-5-14-19-21-22-25(14)20-15/h5-6,13H,2-4,7-12H2,1H3,(H,27,28). The second-order valence-electron chi connectivity index (χ2n) is 7.77. The van der Waals surface area contributed by atoms with Crippen molar-refractivity contribution in [1.29, 1.82) is 0 Å². The molecule has 0 bridgehead atoms. The van der Waals surface area contributed by atoms with Crippen LogP contribution in [0.5, 0.6) is 0 Å². The fourth-order valence-corrected chi connectivity index (χ4v) is 4.48. The monoisotopic (exact) mass is 387 g/mol. The molecule has 10 heteroatoms. The fraction of sp³-hybridized carbons (Fsp3) is 0.667. The first-order chi connectivity index (χ1) is 13.5. The second-order valence-corrected chi connectivity index (χ2v) is 7.77. The lowest BCUT2D eigenvalue weighted by Gasteiger charge is -2.43. The zero-order valence-electron chi connectivity index (χ0n) is 16.0. The molecule has 1 N–H and O–H groups in total. The minimum absolute atomic E-state index is 0.0483. The van der Waals surface area contributed by atoms with E-state index in [4.69, 9.17) is 0 Å². The van der Waals surface area contributed by atoms with E-state index >= 15 is 0 Å². The lowest BCUT2D eigenvalue weighted by atomic mass is 9.79. The SMILES string of the molecule is CN(C(=O)C1CCN(c2ccc3nnnn3n2)CC1)C1(C(=O)O)CCCCC1. The summed E-state index contributed by atoms with van der Waals surface area (Å²) in [6.07, 6.45) is 5.18. The van der Waals surface area contributed by atoms with E-state index in [0.29, 0.717) is 44.4 Å². The van der Waals surface area contributed by atoms with Gasteiger partial charge in [0.2, 0.25) is 5.91 Å². The van der Waals surface area contributed by atoms with E-state index in [1.54, 1.807) is 7.05 Å². The van der Waals surface area contributed by atoms with Crippen molar-refractivity contribution in [1.82, 2.24) is 30.2 Å². The quantitative estimate of drug-likeness (QED) is 0.825. The van der Waals surface area contributed by atoms with Crippen LogP contribution in [-0.2, 0) is 9.59 Å². The number of nitrogens with zero attached hydrogens (tertiary/aromatic N) is 7. The van der Waals surface area contributed by atoms with Crippen LogP contribution in [0.3, 0.4) is 0 Å². The molecule has 0 unspecified atom stereocenters. The number of carboxylic acids is 1. The Morgan fingerprint density at radius 2 is 1.89 bits per heavy atom. The van der Waals surface area contributed by atoms with Crippen LogP contribution in [0.4, 0.5) is 5.82 Å². The molecule has 0 radical (unpaired) electrons. The predicted octanol–water partition coefficient (Wildman–Crippen LogP) is 0.982. The molecule has 1 aliphatic carbocycles. The van der Waals surface area contributed by atoms with Crippen molar-refractivity contribution < 1.29 is 14.7 Å². The molecular weight excluding hydrogens is 362 g/mol. The predicted molar refractivity (Wildman–Crippen MR) is 99.7 cm³/mol. The molecule has 0 atom stereocenters. The van der Waals surface area contributed by atoms with Gasteiger partial charge in [0.25, 0.3) is 0 Å². The Bertz CT molecular complexity index is 869. The maximum absolute atomic E-state index is 13.1. The Morgan fingerprint density at radius 1 is 1.18 bits per heavy atom. The molecule has 28 heavy (non-hydrogen) atoms. The average molecular weight is 387 g/mol. The molecule has 1 saturated heterocycles. The molecule has 10 nitrogen and oxygen atoms in total. The smallest absolute Gasteiger partial charge is 0.329 e. The summed E-state index contributed by atoms with van der Waals surface area (Å²) < 4.78 is 1.39. The Labute approximate surface area is 162 Å². The molecule has 150 valence electrons. The van der Waals surface area contributed by atoms with Crippen molar-refractivity contribution in [3.05, 3.63) is 12.1 Å². The van der Waals surface area contributed by atoms with Crippen LogP contribution < -0.4 is 4.90 Å². The number of anilines is 1. The van der Waals surface area contributed by atoms with E-state index in [9.17, 15) is 14.7 Å². The van der Waals surface area contributed by atoms with Crippen molar-refractivity contribution in [2.45, 2.75) is 50.5 Å². The van der Waals surface area contributed by atoms with Crippen LogP contribution in [0.25, 0.3) is 5.65 Å². The van der Waals surface area contributed by atoms with Crippen molar-refractivity contribution in [3.63, 3.8) is 0 Å². The van der Waals surface area contributed by atoms with Gasteiger partial charge in [-0.25, -0.2) is 4.79 Å². The summed E-state index contributed by atoms with van der Waals surface area (Å²) in [5, 5.41) is 25.5. The molecule has 1 aliphatic heterocycles.